The fraction of sp³-hybridized carbons (Fsp3) is 0.222. The molecule has 0 aliphatic heterocycles. The van der Waals surface area contributed by atoms with Crippen LogP contribution in [0.4, 0.5) is 13.2 Å². The number of hydrogen-bond acceptors (Lipinski definition) is 1. The molecule has 0 aliphatic carbocycles. The minimum absolute atomic E-state index is 0.143. The maximum absolute atomic E-state index is 12.0. The summed E-state index contributed by atoms with van der Waals surface area (Å²) < 4.78 is 36.1. The van der Waals surface area contributed by atoms with E-state index in [0.717, 1.165) is 0 Å². The van der Waals surface area contributed by atoms with Crippen molar-refractivity contribution in [1.82, 2.24) is 0 Å². The predicted molar refractivity (Wildman–Crippen MR) is 47.9 cm³/mol. The first-order valence-electron chi connectivity index (χ1n) is 3.75. The van der Waals surface area contributed by atoms with E-state index in [4.69, 9.17) is 0 Å². The zero-order valence-corrected chi connectivity index (χ0v) is 8.97. The third-order valence-corrected chi connectivity index (χ3v) is 3.05. The summed E-state index contributed by atoms with van der Waals surface area (Å²) in [6.07, 6.45) is 0. The number of ketones is 1. The molecule has 0 saturated heterocycles. The van der Waals surface area contributed by atoms with Gasteiger partial charge in [0.25, 0.3) is 0 Å². The molecular formula is C9H7F3OSe. The average Bonchev–Trinajstić information content (AvgIpc) is 2.02. The Labute approximate surface area is 85.5 Å². The summed E-state index contributed by atoms with van der Waals surface area (Å²) in [6, 6.07) is 5.55. The molecule has 0 atom stereocenters. The maximum atomic E-state index is 12.0. The molecule has 1 aromatic rings. The Morgan fingerprint density at radius 2 is 1.71 bits per heavy atom. The van der Waals surface area contributed by atoms with Gasteiger partial charge in [-0.15, -0.1) is 0 Å². The van der Waals surface area contributed by atoms with Gasteiger partial charge in [0.15, 0.2) is 0 Å². The van der Waals surface area contributed by atoms with Gasteiger partial charge in [-0.3, -0.25) is 0 Å². The van der Waals surface area contributed by atoms with E-state index in [-0.39, 0.29) is 10.2 Å². The molecule has 0 spiro atoms. The number of Topliss-reactive ketones (excluding diaryl/α,β-unsaturated/α-hetero) is 1. The van der Waals surface area contributed by atoms with Gasteiger partial charge in [0.2, 0.25) is 0 Å². The van der Waals surface area contributed by atoms with E-state index in [9.17, 15) is 18.0 Å². The Bertz CT molecular complexity index is 329. The van der Waals surface area contributed by atoms with Crippen LogP contribution < -0.4 is 4.46 Å². The number of hydrogen-bond donors (Lipinski definition) is 0. The Morgan fingerprint density at radius 1 is 1.21 bits per heavy atom. The number of carbonyl (C=O) groups excluding carboxylic acids is 1. The van der Waals surface area contributed by atoms with Gasteiger partial charge in [-0.05, 0) is 0 Å². The van der Waals surface area contributed by atoms with Crippen molar-refractivity contribution in [3.8, 4) is 0 Å². The van der Waals surface area contributed by atoms with Crippen LogP contribution in [0.3, 0.4) is 0 Å². The summed E-state index contributed by atoms with van der Waals surface area (Å²) >= 11 is -1.53. The molecule has 0 aliphatic rings. The van der Waals surface area contributed by atoms with Gasteiger partial charge in [-0.1, -0.05) is 0 Å². The quantitative estimate of drug-likeness (QED) is 0.589. The van der Waals surface area contributed by atoms with Gasteiger partial charge in [0.05, 0.1) is 0 Å². The van der Waals surface area contributed by atoms with Crippen molar-refractivity contribution >= 4 is 25.2 Å². The van der Waals surface area contributed by atoms with Gasteiger partial charge in [0.1, 0.15) is 0 Å². The van der Waals surface area contributed by atoms with Crippen molar-refractivity contribution in [1.29, 1.82) is 0 Å². The molecule has 0 amide bonds. The van der Waals surface area contributed by atoms with E-state index >= 15 is 0 Å². The molecule has 1 nitrogen and oxygen atoms in total. The van der Waals surface area contributed by atoms with Crippen LogP contribution in [0.1, 0.15) is 17.3 Å². The zero-order chi connectivity index (χ0) is 10.8. The van der Waals surface area contributed by atoms with Crippen LogP contribution in [-0.2, 0) is 0 Å². The molecule has 0 bridgehead atoms. The summed E-state index contributed by atoms with van der Waals surface area (Å²) in [4.78, 5) is 10.8. The molecule has 0 unspecified atom stereocenters. The van der Waals surface area contributed by atoms with Crippen LogP contribution >= 0.6 is 0 Å². The normalized spacial score (nSPS) is 11.4. The molecular weight excluding hydrogens is 260 g/mol. The Morgan fingerprint density at radius 3 is 2.07 bits per heavy atom. The van der Waals surface area contributed by atoms with E-state index in [1.165, 1.54) is 31.2 Å². The fourth-order valence-corrected chi connectivity index (χ4v) is 2.02. The van der Waals surface area contributed by atoms with Gasteiger partial charge in [0, 0.05) is 0 Å². The first-order chi connectivity index (χ1) is 6.38. The molecule has 0 saturated carbocycles. The molecule has 0 radical (unpaired) electrons. The van der Waals surface area contributed by atoms with E-state index in [2.05, 4.69) is 0 Å². The first-order valence-corrected chi connectivity index (χ1v) is 5.46. The Balaban J connectivity index is 2.79. The van der Waals surface area contributed by atoms with Gasteiger partial charge >= 0.3 is 85.0 Å². The predicted octanol–water partition coefficient (Wildman–Crippen LogP) is 1.74. The van der Waals surface area contributed by atoms with Crippen LogP contribution in [-0.4, -0.2) is 25.8 Å². The average molecular weight is 267 g/mol. The molecule has 0 heterocycles. The van der Waals surface area contributed by atoms with Gasteiger partial charge in [-0.2, -0.15) is 0 Å². The minimum atomic E-state index is -4.13. The molecule has 0 N–H and O–H groups in total. The standard InChI is InChI=1S/C9H7F3OSe/c1-6(13)7-2-4-8(5-3-7)14-9(10,11)12/h2-5H,1H3. The van der Waals surface area contributed by atoms with E-state index in [1.54, 1.807) is 0 Å². The molecule has 0 fully saturated rings. The number of benzene rings is 1. The monoisotopic (exact) mass is 268 g/mol. The molecule has 1 aromatic carbocycles. The van der Waals surface area contributed by atoms with Crippen LogP contribution in [0.2, 0.25) is 0 Å². The summed E-state index contributed by atoms with van der Waals surface area (Å²) in [7, 11) is 0. The van der Waals surface area contributed by atoms with E-state index in [1.807, 2.05) is 0 Å². The second kappa shape index (κ2) is 4.15. The zero-order valence-electron chi connectivity index (χ0n) is 7.26. The molecule has 5 heteroatoms. The Kier molecular flexibility index (Phi) is 3.34. The molecule has 76 valence electrons. The van der Waals surface area contributed by atoms with Crippen LogP contribution in [0.5, 0.6) is 0 Å². The molecule has 1 rings (SSSR count). The van der Waals surface area contributed by atoms with Crippen LogP contribution in [0, 0.1) is 0 Å². The second-order valence-corrected chi connectivity index (χ2v) is 5.02. The van der Waals surface area contributed by atoms with Crippen LogP contribution in [0.15, 0.2) is 24.3 Å². The summed E-state index contributed by atoms with van der Waals surface area (Å²) in [5, 5.41) is -4.13. The van der Waals surface area contributed by atoms with Crippen molar-refractivity contribution in [2.24, 2.45) is 0 Å². The van der Waals surface area contributed by atoms with E-state index < -0.39 is 20.0 Å². The Hall–Kier alpha value is -0.801. The fourth-order valence-electron chi connectivity index (χ4n) is 0.891. The summed E-state index contributed by atoms with van der Waals surface area (Å²) in [6.45, 7) is 1.38. The van der Waals surface area contributed by atoms with Crippen molar-refractivity contribution in [3.63, 3.8) is 0 Å². The summed E-state index contributed by atoms with van der Waals surface area (Å²) in [5.74, 6) is -0.143. The third-order valence-electron chi connectivity index (χ3n) is 1.49. The number of rotatable bonds is 2. The van der Waals surface area contributed by atoms with Gasteiger partial charge in [-0.25, -0.2) is 0 Å². The van der Waals surface area contributed by atoms with Gasteiger partial charge < -0.3 is 0 Å². The van der Waals surface area contributed by atoms with E-state index in [0.29, 0.717) is 5.56 Å². The first kappa shape index (κ1) is 11.3. The SMILES string of the molecule is CC(=O)c1ccc([Se]C(F)(F)F)cc1. The number of carbonyl (C=O) groups is 1. The van der Waals surface area contributed by atoms with Crippen molar-refractivity contribution < 1.29 is 18.0 Å². The number of halogens is 3. The topological polar surface area (TPSA) is 17.1 Å². The number of alkyl halides is 3. The van der Waals surface area contributed by atoms with Crippen LogP contribution in [0.25, 0.3) is 0 Å². The molecule has 14 heavy (non-hydrogen) atoms. The summed E-state index contributed by atoms with van der Waals surface area (Å²) in [5.41, 5.74) is 0.437. The second-order valence-electron chi connectivity index (χ2n) is 2.63. The van der Waals surface area contributed by atoms with Crippen molar-refractivity contribution in [3.05, 3.63) is 29.8 Å². The third kappa shape index (κ3) is 3.52. The molecule has 0 aromatic heterocycles. The van der Waals surface area contributed by atoms with Crippen molar-refractivity contribution in [2.45, 2.75) is 12.0 Å². The van der Waals surface area contributed by atoms with Crippen molar-refractivity contribution in [2.75, 3.05) is 0 Å².